The van der Waals surface area contributed by atoms with Crippen molar-refractivity contribution in [1.29, 1.82) is 0 Å². The van der Waals surface area contributed by atoms with Crippen molar-refractivity contribution < 1.29 is 23.4 Å². The first kappa shape index (κ1) is 30.6. The van der Waals surface area contributed by atoms with Crippen molar-refractivity contribution in [3.05, 3.63) is 65.0 Å². The highest BCUT2D eigenvalue weighted by molar-refractivity contribution is 7.21. The molecule has 1 aliphatic heterocycles. The lowest BCUT2D eigenvalue weighted by Crippen LogP contribution is -2.38. The number of hydrazone groups is 1. The summed E-state index contributed by atoms with van der Waals surface area (Å²) in [6.45, 7) is 5.81. The number of carbonyl (C=O) groups is 1. The molecule has 3 heterocycles. The van der Waals surface area contributed by atoms with Crippen LogP contribution in [-0.2, 0) is 0 Å². The van der Waals surface area contributed by atoms with Gasteiger partial charge in [-0.15, -0.1) is 0 Å². The number of nitrogens with one attached hydrogen (secondary N) is 1. The molecule has 232 valence electrons. The first-order valence-electron chi connectivity index (χ1n) is 14.6. The summed E-state index contributed by atoms with van der Waals surface area (Å²) in [6, 6.07) is 9.36. The third-order valence-corrected chi connectivity index (χ3v) is 8.34. The van der Waals surface area contributed by atoms with Crippen LogP contribution in [0.2, 0.25) is 0 Å². The van der Waals surface area contributed by atoms with Crippen LogP contribution in [0.25, 0.3) is 21.6 Å². The number of hydrogen-bond acceptors (Lipinski definition) is 9. The summed E-state index contributed by atoms with van der Waals surface area (Å²) in [5.74, 6) is 6.48. The first-order chi connectivity index (χ1) is 21.5. The number of ether oxygens (including phenoxy) is 1. The molecule has 1 aliphatic carbocycles. The molecule has 1 saturated carbocycles. The number of rotatable bonds is 8. The molecular weight excluding hydrogens is 598 g/mol. The maximum atomic E-state index is 13.8. The number of anilines is 1. The third-order valence-electron chi connectivity index (χ3n) is 7.48. The van der Waals surface area contributed by atoms with Gasteiger partial charge >= 0.3 is 0 Å². The number of carbonyl (C=O) groups excluding carboxylic acids is 1. The van der Waals surface area contributed by atoms with Crippen molar-refractivity contribution in [2.24, 2.45) is 11.0 Å². The summed E-state index contributed by atoms with van der Waals surface area (Å²) in [5, 5.41) is 20.1. The van der Waals surface area contributed by atoms with E-state index in [0.717, 1.165) is 24.1 Å². The van der Waals surface area contributed by atoms with Crippen molar-refractivity contribution in [1.82, 2.24) is 20.0 Å². The lowest BCUT2D eigenvalue weighted by atomic mass is 9.92. The van der Waals surface area contributed by atoms with Gasteiger partial charge in [0.2, 0.25) is 0 Å². The average molecular weight is 631 g/mol. The first-order valence-corrected chi connectivity index (χ1v) is 15.4. The van der Waals surface area contributed by atoms with E-state index in [9.17, 15) is 18.7 Å². The third kappa shape index (κ3) is 6.95. The smallest absolute Gasteiger partial charge is 0.263 e. The number of β-amino-alcohol motifs (C(OH)–C–C–N with tert-alkyl or cyclic N) is 1. The Morgan fingerprint density at radius 2 is 2.00 bits per heavy atom. The molecule has 1 fully saturated rings. The Morgan fingerprint density at radius 1 is 1.20 bits per heavy atom. The van der Waals surface area contributed by atoms with E-state index < -0.39 is 17.9 Å². The van der Waals surface area contributed by atoms with Gasteiger partial charge < -0.3 is 9.84 Å². The molecule has 4 aromatic rings. The molecule has 2 aromatic carbocycles. The topological polar surface area (TPSA) is 113 Å². The van der Waals surface area contributed by atoms with Gasteiger partial charge in [0.25, 0.3) is 12.3 Å². The highest BCUT2D eigenvalue weighted by Crippen LogP contribution is 2.38. The minimum absolute atomic E-state index is 0.0380. The molecule has 9 nitrogen and oxygen atoms in total. The molecule has 12 heteroatoms. The van der Waals surface area contributed by atoms with E-state index in [1.54, 1.807) is 38.2 Å². The zero-order valence-corrected chi connectivity index (χ0v) is 26.1. The molecule has 2 aromatic heterocycles. The summed E-state index contributed by atoms with van der Waals surface area (Å²) < 4.78 is 33.2. The van der Waals surface area contributed by atoms with Crippen molar-refractivity contribution in [2.45, 2.75) is 58.1 Å². The molecule has 1 amide bonds. The van der Waals surface area contributed by atoms with Crippen LogP contribution in [0.1, 0.15) is 73.6 Å². The maximum Gasteiger partial charge on any atom is 0.263 e. The molecule has 45 heavy (non-hydrogen) atoms. The molecule has 2 N–H and O–H groups in total. The zero-order chi connectivity index (χ0) is 31.9. The van der Waals surface area contributed by atoms with E-state index in [2.05, 4.69) is 32.1 Å². The summed E-state index contributed by atoms with van der Waals surface area (Å²) in [6.07, 6.45) is 1.67. The zero-order valence-electron chi connectivity index (χ0n) is 25.3. The summed E-state index contributed by atoms with van der Waals surface area (Å²) in [5.41, 5.74) is 2.25. The Labute approximate surface area is 263 Å². The number of aromatic nitrogens is 3. The van der Waals surface area contributed by atoms with Crippen molar-refractivity contribution in [3.8, 4) is 28.7 Å². The van der Waals surface area contributed by atoms with Crippen LogP contribution in [0.4, 0.5) is 13.9 Å². The van der Waals surface area contributed by atoms with Crippen LogP contribution < -0.4 is 10.1 Å². The highest BCUT2D eigenvalue weighted by Gasteiger charge is 2.29. The second-order valence-electron chi connectivity index (χ2n) is 11.9. The fourth-order valence-electron chi connectivity index (χ4n) is 5.06. The predicted molar refractivity (Wildman–Crippen MR) is 170 cm³/mol. The molecule has 0 radical (unpaired) electrons. The Bertz CT molecular complexity index is 1870. The van der Waals surface area contributed by atoms with Gasteiger partial charge in [-0.1, -0.05) is 23.3 Å². The molecule has 0 bridgehead atoms. The van der Waals surface area contributed by atoms with Crippen LogP contribution in [0.15, 0.2) is 47.7 Å². The van der Waals surface area contributed by atoms with E-state index in [1.165, 1.54) is 36.6 Å². The van der Waals surface area contributed by atoms with Crippen LogP contribution in [-0.4, -0.2) is 62.0 Å². The molecule has 2 aliphatic rings. The van der Waals surface area contributed by atoms with Gasteiger partial charge in [-0.2, -0.15) is 10.1 Å². The van der Waals surface area contributed by atoms with Gasteiger partial charge in [0.1, 0.15) is 11.4 Å². The second-order valence-corrected chi connectivity index (χ2v) is 12.9. The van der Waals surface area contributed by atoms with Gasteiger partial charge in [0.15, 0.2) is 15.6 Å². The van der Waals surface area contributed by atoms with Crippen LogP contribution in [0.5, 0.6) is 5.75 Å². The number of fused-ring (bicyclic) bond motifs is 1. The van der Waals surface area contributed by atoms with Gasteiger partial charge in [0, 0.05) is 35.1 Å². The van der Waals surface area contributed by atoms with Crippen molar-refractivity contribution in [2.75, 3.05) is 19.0 Å². The second kappa shape index (κ2) is 12.1. The number of halogens is 2. The fraction of sp³-hybridized carbons (Fsp3) is 0.364. The molecule has 0 spiro atoms. The van der Waals surface area contributed by atoms with Gasteiger partial charge in [-0.3, -0.25) is 15.1 Å². The maximum absolute atomic E-state index is 13.8. The van der Waals surface area contributed by atoms with Gasteiger partial charge in [-0.25, -0.2) is 18.7 Å². The predicted octanol–water partition coefficient (Wildman–Crippen LogP) is 6.28. The van der Waals surface area contributed by atoms with Crippen LogP contribution in [0.3, 0.4) is 0 Å². The Kier molecular flexibility index (Phi) is 8.24. The summed E-state index contributed by atoms with van der Waals surface area (Å²) in [7, 11) is 1.45. The van der Waals surface area contributed by atoms with Gasteiger partial charge in [-0.05, 0) is 81.0 Å². The number of aliphatic hydroxyl groups is 1. The van der Waals surface area contributed by atoms with Crippen LogP contribution >= 0.6 is 11.3 Å². The van der Waals surface area contributed by atoms with E-state index in [0.29, 0.717) is 57.1 Å². The van der Waals surface area contributed by atoms with Gasteiger partial charge in [0.05, 0.1) is 31.2 Å². The Balaban J connectivity index is 1.37. The number of alkyl halides is 2. The lowest BCUT2D eigenvalue weighted by molar-refractivity contribution is 0.0295. The number of thiazole rings is 1. The van der Waals surface area contributed by atoms with E-state index in [4.69, 9.17) is 9.84 Å². The number of benzene rings is 2. The largest absolute Gasteiger partial charge is 0.496 e. The summed E-state index contributed by atoms with van der Waals surface area (Å²) in [4.78, 5) is 27.6. The molecule has 1 unspecified atom stereocenters. The van der Waals surface area contributed by atoms with E-state index in [1.807, 2.05) is 11.9 Å². The van der Waals surface area contributed by atoms with E-state index >= 15 is 0 Å². The molecule has 1 atom stereocenters. The monoisotopic (exact) mass is 630 g/mol. The molecule has 6 rings (SSSR count). The van der Waals surface area contributed by atoms with Crippen molar-refractivity contribution in [3.63, 3.8) is 0 Å². The van der Waals surface area contributed by atoms with Crippen LogP contribution in [0, 0.1) is 17.8 Å². The fourth-order valence-corrected chi connectivity index (χ4v) is 5.86. The highest BCUT2D eigenvalue weighted by atomic mass is 32.1. The Morgan fingerprint density at radius 3 is 2.71 bits per heavy atom. The number of amides is 1. The minimum Gasteiger partial charge on any atom is -0.496 e. The summed E-state index contributed by atoms with van der Waals surface area (Å²) >= 11 is 1.18. The van der Waals surface area contributed by atoms with E-state index in [-0.39, 0.29) is 17.2 Å². The number of nitrogens with zero attached hydrogens (tertiary/aromatic N) is 5. The minimum atomic E-state index is -2.72. The number of hydrogen-bond donors (Lipinski definition) is 2. The molecule has 0 saturated heterocycles. The average Bonchev–Trinajstić information content (AvgIpc) is 3.65. The van der Waals surface area contributed by atoms with Crippen molar-refractivity contribution >= 4 is 38.6 Å². The SMILES string of the molecule is COc1ccc(C(F)F)cc1-c1cc(C2=NN(CC(C)(C)O)C(C)C2)ccc1C(=O)Nc1nc2ncc(C#CC3CC3)nc2s1. The lowest BCUT2D eigenvalue weighted by Gasteiger charge is -2.27. The Hall–Kier alpha value is -4.47. The quantitative estimate of drug-likeness (QED) is 0.220. The normalized spacial score (nSPS) is 16.5. The molecular formula is C33H32F2N6O3S. The number of methoxy groups -OCH3 is 1. The standard InChI is InChI=1S/C33H32F2N6O3S/c1-18-13-26(40-41(18)17-33(2,3)43)20-8-11-23(24(14-20)25-15-21(28(34)35)9-12-27(25)44-4)30(42)39-32-38-29-31(45-32)37-22(16-36-29)10-7-19-5-6-19/h8-9,11-12,14-16,18-19,28,43H,5-6,13,17H2,1-4H3,(H,36,38,39,42).